The van der Waals surface area contributed by atoms with Gasteiger partial charge >= 0.3 is 0 Å². The summed E-state index contributed by atoms with van der Waals surface area (Å²) in [5.74, 6) is 0.434. The van der Waals surface area contributed by atoms with Gasteiger partial charge in [-0.25, -0.2) is 9.97 Å². The molecule has 2 aromatic heterocycles. The van der Waals surface area contributed by atoms with E-state index in [0.717, 1.165) is 11.1 Å². The molecule has 0 radical (unpaired) electrons. The third-order valence-corrected chi connectivity index (χ3v) is 1.75. The summed E-state index contributed by atoms with van der Waals surface area (Å²) < 4.78 is 0. The van der Waals surface area contributed by atoms with Crippen LogP contribution in [0.2, 0.25) is 0 Å². The molecule has 0 saturated carbocycles. The maximum Gasteiger partial charge on any atom is 0.153 e. The first-order chi connectivity index (χ1) is 5.79. The molecule has 2 N–H and O–H groups in total. The monoisotopic (exact) mass is 160 g/mol. The van der Waals surface area contributed by atoms with Crippen molar-refractivity contribution in [2.45, 2.75) is 6.92 Å². The number of nitrogens with zero attached hydrogens (tertiary/aromatic N) is 3. The Hall–Kier alpha value is -1.71. The lowest BCUT2D eigenvalue weighted by atomic mass is 10.2. The second-order valence-electron chi connectivity index (χ2n) is 2.58. The molecule has 0 unspecified atom stereocenters. The van der Waals surface area contributed by atoms with Gasteiger partial charge in [-0.2, -0.15) is 0 Å². The van der Waals surface area contributed by atoms with Crippen LogP contribution in [0.4, 0.5) is 5.82 Å². The molecule has 0 aliphatic heterocycles. The molecule has 0 aliphatic carbocycles. The average Bonchev–Trinajstić information content (AvgIpc) is 2.07. The van der Waals surface area contributed by atoms with Crippen LogP contribution in [0, 0.1) is 6.92 Å². The highest BCUT2D eigenvalue weighted by Crippen LogP contribution is 2.15. The number of anilines is 1. The van der Waals surface area contributed by atoms with Crippen LogP contribution in [0.25, 0.3) is 11.0 Å². The van der Waals surface area contributed by atoms with E-state index in [4.69, 9.17) is 5.73 Å². The predicted molar refractivity (Wildman–Crippen MR) is 46.5 cm³/mol. The Morgan fingerprint density at radius 3 is 2.75 bits per heavy atom. The van der Waals surface area contributed by atoms with Gasteiger partial charge in [0, 0.05) is 6.20 Å². The van der Waals surface area contributed by atoms with Gasteiger partial charge in [0.2, 0.25) is 0 Å². The molecule has 2 aromatic rings. The maximum atomic E-state index is 5.61. The van der Waals surface area contributed by atoms with Crippen molar-refractivity contribution in [3.63, 3.8) is 0 Å². The first-order valence-electron chi connectivity index (χ1n) is 3.61. The van der Waals surface area contributed by atoms with Crippen LogP contribution >= 0.6 is 0 Å². The Kier molecular flexibility index (Phi) is 1.40. The zero-order valence-corrected chi connectivity index (χ0v) is 6.65. The number of rotatable bonds is 0. The second-order valence-corrected chi connectivity index (χ2v) is 2.58. The van der Waals surface area contributed by atoms with Crippen LogP contribution in [0.5, 0.6) is 0 Å². The molecular formula is C8H8N4. The number of aryl methyl sites for hydroxylation is 1. The Balaban J connectivity index is 2.94. The molecule has 4 nitrogen and oxygen atoms in total. The SMILES string of the molecule is Cc1ccnc2c(N)ncnc12. The summed E-state index contributed by atoms with van der Waals surface area (Å²) in [6.45, 7) is 1.97. The van der Waals surface area contributed by atoms with Gasteiger partial charge in [0.1, 0.15) is 11.8 Å². The van der Waals surface area contributed by atoms with Crippen LogP contribution in [0.3, 0.4) is 0 Å². The van der Waals surface area contributed by atoms with E-state index in [-0.39, 0.29) is 0 Å². The molecule has 0 aliphatic rings. The number of pyridine rings is 1. The van der Waals surface area contributed by atoms with Gasteiger partial charge in [-0.15, -0.1) is 0 Å². The molecule has 0 atom stereocenters. The van der Waals surface area contributed by atoms with Crippen molar-refractivity contribution in [3.8, 4) is 0 Å². The zero-order chi connectivity index (χ0) is 8.55. The largest absolute Gasteiger partial charge is 0.382 e. The van der Waals surface area contributed by atoms with E-state index in [2.05, 4.69) is 15.0 Å². The number of nitrogens with two attached hydrogens (primary N) is 1. The lowest BCUT2D eigenvalue weighted by Crippen LogP contribution is -1.96. The minimum absolute atomic E-state index is 0.434. The van der Waals surface area contributed by atoms with Gasteiger partial charge in [-0.05, 0) is 18.6 Å². The smallest absolute Gasteiger partial charge is 0.153 e. The molecule has 60 valence electrons. The van der Waals surface area contributed by atoms with E-state index < -0.39 is 0 Å². The highest BCUT2D eigenvalue weighted by molar-refractivity contribution is 5.85. The minimum Gasteiger partial charge on any atom is -0.382 e. The van der Waals surface area contributed by atoms with E-state index in [0.29, 0.717) is 11.3 Å². The first-order valence-corrected chi connectivity index (χ1v) is 3.61. The average molecular weight is 160 g/mol. The van der Waals surface area contributed by atoms with Crippen LogP contribution < -0.4 is 5.73 Å². The van der Waals surface area contributed by atoms with Crippen LogP contribution in [0.1, 0.15) is 5.56 Å². The molecule has 0 amide bonds. The Labute approximate surface area is 69.5 Å². The number of nitrogen functional groups attached to an aromatic ring is 1. The van der Waals surface area contributed by atoms with E-state index in [1.807, 2.05) is 13.0 Å². The number of aromatic nitrogens is 3. The van der Waals surface area contributed by atoms with Crippen LogP contribution in [-0.4, -0.2) is 15.0 Å². The summed E-state index contributed by atoms with van der Waals surface area (Å²) in [6, 6.07) is 1.90. The summed E-state index contributed by atoms with van der Waals surface area (Å²) in [4.78, 5) is 12.0. The number of hydrogen-bond donors (Lipinski definition) is 1. The van der Waals surface area contributed by atoms with Gasteiger partial charge in [0.05, 0.1) is 5.52 Å². The van der Waals surface area contributed by atoms with Crippen molar-refractivity contribution < 1.29 is 0 Å². The minimum atomic E-state index is 0.434. The summed E-state index contributed by atoms with van der Waals surface area (Å²) in [5.41, 5.74) is 8.18. The van der Waals surface area contributed by atoms with Crippen LogP contribution in [0.15, 0.2) is 18.6 Å². The molecule has 0 spiro atoms. The van der Waals surface area contributed by atoms with Crippen LogP contribution in [-0.2, 0) is 0 Å². The standard InChI is InChI=1S/C8H8N4/c1-5-2-3-10-7-6(5)11-4-12-8(7)9/h2-4H,1H3,(H2,9,11,12). The van der Waals surface area contributed by atoms with Crippen molar-refractivity contribution in [1.82, 2.24) is 15.0 Å². The highest BCUT2D eigenvalue weighted by atomic mass is 14.9. The molecule has 0 fully saturated rings. The van der Waals surface area contributed by atoms with Crippen molar-refractivity contribution in [2.24, 2.45) is 0 Å². The Morgan fingerprint density at radius 2 is 2.00 bits per heavy atom. The van der Waals surface area contributed by atoms with Gasteiger partial charge in [0.25, 0.3) is 0 Å². The van der Waals surface area contributed by atoms with Crippen molar-refractivity contribution in [2.75, 3.05) is 5.73 Å². The van der Waals surface area contributed by atoms with Crippen molar-refractivity contribution in [1.29, 1.82) is 0 Å². The zero-order valence-electron chi connectivity index (χ0n) is 6.65. The van der Waals surface area contributed by atoms with E-state index >= 15 is 0 Å². The molecule has 12 heavy (non-hydrogen) atoms. The fraction of sp³-hybridized carbons (Fsp3) is 0.125. The topological polar surface area (TPSA) is 64.7 Å². The summed E-state index contributed by atoms with van der Waals surface area (Å²) in [5, 5.41) is 0. The Morgan fingerprint density at radius 1 is 1.17 bits per heavy atom. The quantitative estimate of drug-likeness (QED) is 0.622. The second kappa shape index (κ2) is 2.41. The van der Waals surface area contributed by atoms with E-state index in [1.54, 1.807) is 6.20 Å². The van der Waals surface area contributed by atoms with Gasteiger partial charge < -0.3 is 5.73 Å². The highest BCUT2D eigenvalue weighted by Gasteiger charge is 2.01. The fourth-order valence-corrected chi connectivity index (χ4v) is 1.11. The number of fused-ring (bicyclic) bond motifs is 1. The van der Waals surface area contributed by atoms with Gasteiger partial charge in [-0.1, -0.05) is 0 Å². The molecule has 0 bridgehead atoms. The lowest BCUT2D eigenvalue weighted by Gasteiger charge is -2.00. The van der Waals surface area contributed by atoms with Gasteiger partial charge in [-0.3, -0.25) is 4.98 Å². The van der Waals surface area contributed by atoms with Crippen molar-refractivity contribution in [3.05, 3.63) is 24.2 Å². The normalized spacial score (nSPS) is 10.4. The van der Waals surface area contributed by atoms with E-state index in [9.17, 15) is 0 Å². The maximum absolute atomic E-state index is 5.61. The lowest BCUT2D eigenvalue weighted by molar-refractivity contribution is 1.19. The third-order valence-electron chi connectivity index (χ3n) is 1.75. The molecule has 0 aromatic carbocycles. The molecular weight excluding hydrogens is 152 g/mol. The summed E-state index contributed by atoms with van der Waals surface area (Å²) in [7, 11) is 0. The molecule has 2 rings (SSSR count). The van der Waals surface area contributed by atoms with Gasteiger partial charge in [0.15, 0.2) is 5.82 Å². The molecule has 4 heteroatoms. The fourth-order valence-electron chi connectivity index (χ4n) is 1.11. The third kappa shape index (κ3) is 0.887. The van der Waals surface area contributed by atoms with E-state index in [1.165, 1.54) is 6.33 Å². The summed E-state index contributed by atoms with van der Waals surface area (Å²) in [6.07, 6.45) is 3.16. The van der Waals surface area contributed by atoms with Crippen molar-refractivity contribution >= 4 is 16.9 Å². The predicted octanol–water partition coefficient (Wildman–Crippen LogP) is 0.915. The molecule has 2 heterocycles. The Bertz CT molecular complexity index is 383. The number of hydrogen-bond acceptors (Lipinski definition) is 4. The first kappa shape index (κ1) is 6.97. The molecule has 0 saturated heterocycles. The summed E-state index contributed by atoms with van der Waals surface area (Å²) >= 11 is 0.